The maximum atomic E-state index is 11.8. The molecule has 112 valence electrons. The molecule has 6 heteroatoms. The quantitative estimate of drug-likeness (QED) is 0.812. The molecule has 2 amide bonds. The standard InChI is InChI=1S/C16H14N2O4/c1-22-11-5-2-9(3-6-11)14-12-8-10(15(19)20)4-7-13(12)17-16(21)18-14/h2-8,14H,1H3,(H,19,20)(H2,17,18,21). The van der Waals surface area contributed by atoms with E-state index in [0.717, 1.165) is 5.56 Å². The topological polar surface area (TPSA) is 87.7 Å². The number of methoxy groups -OCH3 is 1. The number of carboxylic acid groups (broad SMARTS) is 1. The van der Waals surface area contributed by atoms with E-state index >= 15 is 0 Å². The molecule has 0 saturated heterocycles. The molecule has 6 nitrogen and oxygen atoms in total. The van der Waals surface area contributed by atoms with Crippen LogP contribution >= 0.6 is 0 Å². The fourth-order valence-electron chi connectivity index (χ4n) is 2.47. The zero-order chi connectivity index (χ0) is 15.7. The Morgan fingerprint density at radius 1 is 1.18 bits per heavy atom. The first-order chi connectivity index (χ1) is 10.6. The summed E-state index contributed by atoms with van der Waals surface area (Å²) in [5.41, 5.74) is 2.34. The van der Waals surface area contributed by atoms with Gasteiger partial charge in [0, 0.05) is 11.3 Å². The van der Waals surface area contributed by atoms with E-state index < -0.39 is 12.0 Å². The zero-order valence-corrected chi connectivity index (χ0v) is 11.8. The normalized spacial score (nSPS) is 16.2. The van der Waals surface area contributed by atoms with Crippen LogP contribution in [0.4, 0.5) is 10.5 Å². The van der Waals surface area contributed by atoms with Crippen LogP contribution in [0.2, 0.25) is 0 Å². The van der Waals surface area contributed by atoms with Crippen LogP contribution in [0.3, 0.4) is 0 Å². The van der Waals surface area contributed by atoms with Gasteiger partial charge in [-0.1, -0.05) is 12.1 Å². The number of amides is 2. The van der Waals surface area contributed by atoms with Crippen LogP contribution in [0.5, 0.6) is 5.75 Å². The number of anilines is 1. The van der Waals surface area contributed by atoms with E-state index in [1.807, 2.05) is 12.1 Å². The number of carbonyl (C=O) groups is 2. The van der Waals surface area contributed by atoms with Gasteiger partial charge in [0.25, 0.3) is 0 Å². The van der Waals surface area contributed by atoms with Gasteiger partial charge in [-0.15, -0.1) is 0 Å². The number of carbonyl (C=O) groups excluding carboxylic acids is 1. The maximum absolute atomic E-state index is 11.8. The lowest BCUT2D eigenvalue weighted by atomic mass is 9.94. The fourth-order valence-corrected chi connectivity index (χ4v) is 2.47. The first-order valence-corrected chi connectivity index (χ1v) is 6.67. The Morgan fingerprint density at radius 3 is 2.55 bits per heavy atom. The van der Waals surface area contributed by atoms with E-state index in [-0.39, 0.29) is 11.6 Å². The molecule has 0 fully saturated rings. The van der Waals surface area contributed by atoms with Gasteiger partial charge in [-0.2, -0.15) is 0 Å². The van der Waals surface area contributed by atoms with Gasteiger partial charge >= 0.3 is 12.0 Å². The largest absolute Gasteiger partial charge is 0.497 e. The molecule has 0 aliphatic carbocycles. The highest BCUT2D eigenvalue weighted by Crippen LogP contribution is 2.33. The van der Waals surface area contributed by atoms with Gasteiger partial charge in [0.15, 0.2) is 0 Å². The zero-order valence-electron chi connectivity index (χ0n) is 11.8. The molecule has 2 aromatic rings. The van der Waals surface area contributed by atoms with Crippen molar-refractivity contribution in [3.8, 4) is 5.75 Å². The minimum atomic E-state index is -1.01. The Kier molecular flexibility index (Phi) is 3.42. The van der Waals surface area contributed by atoms with Gasteiger partial charge in [0.05, 0.1) is 18.7 Å². The molecule has 0 saturated carbocycles. The summed E-state index contributed by atoms with van der Waals surface area (Å²) >= 11 is 0. The molecule has 0 radical (unpaired) electrons. The van der Waals surface area contributed by atoms with Gasteiger partial charge < -0.3 is 20.5 Å². The van der Waals surface area contributed by atoms with Crippen LogP contribution in [0.25, 0.3) is 0 Å². The first-order valence-electron chi connectivity index (χ1n) is 6.67. The molecule has 1 unspecified atom stereocenters. The van der Waals surface area contributed by atoms with Crippen LogP contribution < -0.4 is 15.4 Å². The monoisotopic (exact) mass is 298 g/mol. The highest BCUT2D eigenvalue weighted by molar-refractivity contribution is 5.95. The molecular weight excluding hydrogens is 284 g/mol. The van der Waals surface area contributed by atoms with Crippen molar-refractivity contribution in [2.45, 2.75) is 6.04 Å². The smallest absolute Gasteiger partial charge is 0.335 e. The van der Waals surface area contributed by atoms with Crippen LogP contribution in [-0.2, 0) is 0 Å². The van der Waals surface area contributed by atoms with Crippen LogP contribution in [0.15, 0.2) is 42.5 Å². The van der Waals surface area contributed by atoms with E-state index in [1.165, 1.54) is 6.07 Å². The maximum Gasteiger partial charge on any atom is 0.335 e. The second-order valence-corrected chi connectivity index (χ2v) is 4.91. The predicted octanol–water partition coefficient (Wildman–Crippen LogP) is 2.62. The number of benzene rings is 2. The summed E-state index contributed by atoms with van der Waals surface area (Å²) in [6.45, 7) is 0. The number of ether oxygens (including phenoxy) is 1. The molecule has 1 aliphatic rings. The third-order valence-electron chi connectivity index (χ3n) is 3.58. The highest BCUT2D eigenvalue weighted by atomic mass is 16.5. The summed E-state index contributed by atoms with van der Waals surface area (Å²) in [5, 5.41) is 14.6. The number of carboxylic acids is 1. The minimum Gasteiger partial charge on any atom is -0.497 e. The average molecular weight is 298 g/mol. The van der Waals surface area contributed by atoms with Crippen LogP contribution in [-0.4, -0.2) is 24.2 Å². The molecule has 3 N–H and O–H groups in total. The molecule has 3 rings (SSSR count). The molecule has 0 aromatic heterocycles. The molecule has 1 atom stereocenters. The Hall–Kier alpha value is -3.02. The lowest BCUT2D eigenvalue weighted by Crippen LogP contribution is -2.38. The van der Waals surface area contributed by atoms with E-state index in [0.29, 0.717) is 17.0 Å². The molecule has 22 heavy (non-hydrogen) atoms. The Labute approximate surface area is 126 Å². The van der Waals surface area contributed by atoms with Crippen molar-refractivity contribution in [2.75, 3.05) is 12.4 Å². The van der Waals surface area contributed by atoms with Gasteiger partial charge in [-0.25, -0.2) is 9.59 Å². The van der Waals surface area contributed by atoms with Crippen molar-refractivity contribution in [1.29, 1.82) is 0 Å². The second-order valence-electron chi connectivity index (χ2n) is 4.91. The van der Waals surface area contributed by atoms with Gasteiger partial charge in [-0.05, 0) is 35.9 Å². The van der Waals surface area contributed by atoms with E-state index in [1.54, 1.807) is 31.4 Å². The molecule has 2 aromatic carbocycles. The summed E-state index contributed by atoms with van der Waals surface area (Å²) in [7, 11) is 1.58. The molecule has 1 heterocycles. The third kappa shape index (κ3) is 2.46. The van der Waals surface area contributed by atoms with Crippen molar-refractivity contribution in [1.82, 2.24) is 5.32 Å². The van der Waals surface area contributed by atoms with E-state index in [9.17, 15) is 9.59 Å². The van der Waals surface area contributed by atoms with E-state index in [4.69, 9.17) is 9.84 Å². The van der Waals surface area contributed by atoms with Crippen molar-refractivity contribution in [3.05, 3.63) is 59.2 Å². The number of nitrogens with one attached hydrogen (secondary N) is 2. The molecule has 0 spiro atoms. The Bertz CT molecular complexity index is 740. The van der Waals surface area contributed by atoms with Crippen molar-refractivity contribution < 1.29 is 19.4 Å². The summed E-state index contributed by atoms with van der Waals surface area (Å²) in [6.07, 6.45) is 0. The lowest BCUT2D eigenvalue weighted by molar-refractivity contribution is 0.0697. The fraction of sp³-hybridized carbons (Fsp3) is 0.125. The van der Waals surface area contributed by atoms with Gasteiger partial charge in [0.2, 0.25) is 0 Å². The number of hydrogen-bond acceptors (Lipinski definition) is 3. The second kappa shape index (κ2) is 5.40. The highest BCUT2D eigenvalue weighted by Gasteiger charge is 2.26. The average Bonchev–Trinajstić information content (AvgIpc) is 2.53. The van der Waals surface area contributed by atoms with E-state index in [2.05, 4.69) is 10.6 Å². The van der Waals surface area contributed by atoms with Crippen LogP contribution in [0.1, 0.15) is 27.5 Å². The van der Waals surface area contributed by atoms with Gasteiger partial charge in [0.1, 0.15) is 5.75 Å². The first kappa shape index (κ1) is 13.9. The summed E-state index contributed by atoms with van der Waals surface area (Å²) in [5.74, 6) is -0.295. The van der Waals surface area contributed by atoms with Crippen LogP contribution in [0, 0.1) is 0 Å². The minimum absolute atomic E-state index is 0.176. The molecule has 1 aliphatic heterocycles. The number of hydrogen-bond donors (Lipinski definition) is 3. The SMILES string of the molecule is COc1ccc(C2NC(=O)Nc3ccc(C(=O)O)cc32)cc1. The van der Waals surface area contributed by atoms with Crippen molar-refractivity contribution >= 4 is 17.7 Å². The summed E-state index contributed by atoms with van der Waals surface area (Å²) in [4.78, 5) is 22.9. The predicted molar refractivity (Wildman–Crippen MR) is 80.4 cm³/mol. The summed E-state index contributed by atoms with van der Waals surface area (Å²) in [6, 6.07) is 11.2. The lowest BCUT2D eigenvalue weighted by Gasteiger charge is -2.28. The summed E-state index contributed by atoms with van der Waals surface area (Å²) < 4.78 is 5.12. The third-order valence-corrected chi connectivity index (χ3v) is 3.58. The Balaban J connectivity index is 2.06. The molecule has 0 bridgehead atoms. The van der Waals surface area contributed by atoms with Crippen molar-refractivity contribution in [3.63, 3.8) is 0 Å². The number of aromatic carboxylic acids is 1. The van der Waals surface area contributed by atoms with Gasteiger partial charge in [-0.3, -0.25) is 0 Å². The number of rotatable bonds is 3. The number of urea groups is 1. The molecular formula is C16H14N2O4. The van der Waals surface area contributed by atoms with Crippen molar-refractivity contribution in [2.24, 2.45) is 0 Å². The Morgan fingerprint density at radius 2 is 1.91 bits per heavy atom. The number of fused-ring (bicyclic) bond motifs is 1.